The van der Waals surface area contributed by atoms with E-state index in [4.69, 9.17) is 10.00 Å². The Morgan fingerprint density at radius 2 is 1.88 bits per heavy atom. The minimum atomic E-state index is -3.27. The smallest absolute Gasteiger partial charge is 0.251 e. The van der Waals surface area contributed by atoms with Crippen molar-refractivity contribution in [2.75, 3.05) is 13.1 Å². The molecule has 0 amide bonds. The molecule has 2 fully saturated rings. The van der Waals surface area contributed by atoms with Gasteiger partial charge >= 0.3 is 0 Å². The molecule has 7 nitrogen and oxygen atoms in total. The van der Waals surface area contributed by atoms with Gasteiger partial charge in [0.2, 0.25) is 15.7 Å². The summed E-state index contributed by atoms with van der Waals surface area (Å²) < 4.78 is 33.1. The van der Waals surface area contributed by atoms with Gasteiger partial charge in [0.25, 0.3) is 5.88 Å². The van der Waals surface area contributed by atoms with Crippen molar-refractivity contribution in [3.63, 3.8) is 0 Å². The number of nitrogens with zero attached hydrogens (tertiary/aromatic N) is 4. The number of aromatic nitrogens is 2. The average Bonchev–Trinajstić information content (AvgIpc) is 2.63. The fourth-order valence-electron chi connectivity index (χ4n) is 3.45. The molecule has 1 saturated carbocycles. The van der Waals surface area contributed by atoms with E-state index >= 15 is 0 Å². The molecular weight excluding hydrogens is 328 g/mol. The van der Waals surface area contributed by atoms with Crippen molar-refractivity contribution in [2.24, 2.45) is 0 Å². The van der Waals surface area contributed by atoms with E-state index in [2.05, 4.69) is 9.97 Å². The second kappa shape index (κ2) is 7.45. The van der Waals surface area contributed by atoms with Crippen molar-refractivity contribution < 1.29 is 13.2 Å². The second-order valence-electron chi connectivity index (χ2n) is 6.37. The molecule has 1 aliphatic carbocycles. The van der Waals surface area contributed by atoms with Crippen LogP contribution in [0.5, 0.6) is 5.88 Å². The van der Waals surface area contributed by atoms with E-state index in [0.29, 0.717) is 13.1 Å². The first kappa shape index (κ1) is 17.1. The molecule has 0 aromatic carbocycles. The highest BCUT2D eigenvalue weighted by atomic mass is 32.2. The van der Waals surface area contributed by atoms with Crippen LogP contribution in [0.25, 0.3) is 0 Å². The SMILES string of the molecule is N#Cc1nccnc1O[C@@H]1CCCN(S(=O)(=O)C2CCCCC2)C1. The summed E-state index contributed by atoms with van der Waals surface area (Å²) in [5.41, 5.74) is 0.129. The third-order valence-corrected chi connectivity index (χ3v) is 7.09. The topological polar surface area (TPSA) is 96.2 Å². The van der Waals surface area contributed by atoms with Gasteiger partial charge in [0.15, 0.2) is 0 Å². The van der Waals surface area contributed by atoms with Crippen LogP contribution in [0.4, 0.5) is 0 Å². The minimum Gasteiger partial charge on any atom is -0.471 e. The van der Waals surface area contributed by atoms with Crippen molar-refractivity contribution in [3.8, 4) is 11.9 Å². The number of sulfonamides is 1. The number of nitriles is 1. The molecule has 1 saturated heterocycles. The van der Waals surface area contributed by atoms with Crippen LogP contribution in [0, 0.1) is 11.3 Å². The monoisotopic (exact) mass is 350 g/mol. The van der Waals surface area contributed by atoms with Gasteiger partial charge in [-0.1, -0.05) is 19.3 Å². The lowest BCUT2D eigenvalue weighted by atomic mass is 10.0. The van der Waals surface area contributed by atoms with Gasteiger partial charge in [-0.15, -0.1) is 0 Å². The van der Waals surface area contributed by atoms with Gasteiger partial charge in [-0.05, 0) is 25.7 Å². The summed E-state index contributed by atoms with van der Waals surface area (Å²) in [6, 6.07) is 1.95. The maximum Gasteiger partial charge on any atom is 0.251 e. The summed E-state index contributed by atoms with van der Waals surface area (Å²) >= 11 is 0. The van der Waals surface area contributed by atoms with Crippen LogP contribution in [-0.2, 0) is 10.0 Å². The van der Waals surface area contributed by atoms with Crippen molar-refractivity contribution >= 4 is 10.0 Å². The molecule has 1 aromatic rings. The van der Waals surface area contributed by atoms with Crippen LogP contribution in [0.1, 0.15) is 50.6 Å². The highest BCUT2D eigenvalue weighted by Gasteiger charge is 2.36. The molecule has 1 aliphatic heterocycles. The predicted octanol–water partition coefficient (Wildman–Crippen LogP) is 1.85. The van der Waals surface area contributed by atoms with Crippen molar-refractivity contribution in [2.45, 2.75) is 56.3 Å². The fraction of sp³-hybridized carbons (Fsp3) is 0.688. The van der Waals surface area contributed by atoms with Gasteiger partial charge in [0, 0.05) is 18.9 Å². The lowest BCUT2D eigenvalue weighted by Gasteiger charge is -2.35. The van der Waals surface area contributed by atoms with Gasteiger partial charge in [-0.2, -0.15) is 9.57 Å². The van der Waals surface area contributed by atoms with E-state index in [1.807, 2.05) is 6.07 Å². The number of rotatable bonds is 4. The second-order valence-corrected chi connectivity index (χ2v) is 8.58. The zero-order valence-corrected chi connectivity index (χ0v) is 14.4. The van der Waals surface area contributed by atoms with Crippen molar-refractivity contribution in [1.82, 2.24) is 14.3 Å². The minimum absolute atomic E-state index is 0.129. The molecule has 24 heavy (non-hydrogen) atoms. The molecule has 130 valence electrons. The zero-order chi connectivity index (χ0) is 17.0. The lowest BCUT2D eigenvalue weighted by Crippen LogP contribution is -2.48. The summed E-state index contributed by atoms with van der Waals surface area (Å²) in [6.45, 7) is 0.866. The number of hydrogen-bond donors (Lipinski definition) is 0. The van der Waals surface area contributed by atoms with Crippen LogP contribution >= 0.6 is 0 Å². The Hall–Kier alpha value is -1.72. The van der Waals surface area contributed by atoms with E-state index in [9.17, 15) is 8.42 Å². The Bertz CT molecular complexity index is 710. The molecule has 1 atom stereocenters. The number of hydrogen-bond acceptors (Lipinski definition) is 6. The van der Waals surface area contributed by atoms with Gasteiger partial charge in [0.1, 0.15) is 12.2 Å². The van der Waals surface area contributed by atoms with Crippen molar-refractivity contribution in [1.29, 1.82) is 5.26 Å². The highest BCUT2D eigenvalue weighted by molar-refractivity contribution is 7.89. The summed E-state index contributed by atoms with van der Waals surface area (Å²) in [5.74, 6) is 0.182. The Kier molecular flexibility index (Phi) is 5.31. The van der Waals surface area contributed by atoms with Crippen molar-refractivity contribution in [3.05, 3.63) is 18.1 Å². The molecule has 8 heteroatoms. The molecule has 0 unspecified atom stereocenters. The van der Waals surface area contributed by atoms with E-state index in [1.54, 1.807) is 4.31 Å². The first-order chi connectivity index (χ1) is 11.6. The molecule has 2 aliphatic rings. The fourth-order valence-corrected chi connectivity index (χ4v) is 5.56. The lowest BCUT2D eigenvalue weighted by molar-refractivity contribution is 0.123. The summed E-state index contributed by atoms with van der Waals surface area (Å²) in [4.78, 5) is 7.97. The molecule has 0 N–H and O–H groups in total. The van der Waals surface area contributed by atoms with E-state index in [1.165, 1.54) is 12.4 Å². The summed E-state index contributed by atoms with van der Waals surface area (Å²) in [6.07, 6.45) is 8.73. The number of piperidine rings is 1. The van der Waals surface area contributed by atoms with Gasteiger partial charge in [-0.3, -0.25) is 0 Å². The quantitative estimate of drug-likeness (QED) is 0.822. The van der Waals surface area contributed by atoms with Crippen LogP contribution in [0.15, 0.2) is 12.4 Å². The van der Waals surface area contributed by atoms with Gasteiger partial charge in [0.05, 0.1) is 11.8 Å². The molecule has 0 radical (unpaired) electrons. The maximum absolute atomic E-state index is 12.9. The molecular formula is C16H22N4O3S. The predicted molar refractivity (Wildman–Crippen MR) is 87.8 cm³/mol. The van der Waals surface area contributed by atoms with Gasteiger partial charge in [-0.25, -0.2) is 18.4 Å². The average molecular weight is 350 g/mol. The van der Waals surface area contributed by atoms with E-state index < -0.39 is 10.0 Å². The Labute approximate surface area is 142 Å². The zero-order valence-electron chi connectivity index (χ0n) is 13.6. The van der Waals surface area contributed by atoms with Crippen LogP contribution in [-0.4, -0.2) is 47.1 Å². The Morgan fingerprint density at radius 1 is 1.12 bits per heavy atom. The first-order valence-corrected chi connectivity index (χ1v) is 9.98. The van der Waals surface area contributed by atoms with Crippen LogP contribution in [0.3, 0.4) is 0 Å². The maximum atomic E-state index is 12.9. The van der Waals surface area contributed by atoms with Crippen LogP contribution < -0.4 is 4.74 Å². The Balaban J connectivity index is 1.69. The van der Waals surface area contributed by atoms with Gasteiger partial charge < -0.3 is 4.74 Å². The third kappa shape index (κ3) is 3.68. The van der Waals surface area contributed by atoms with E-state index in [0.717, 1.165) is 44.9 Å². The standard InChI is InChI=1S/C16H22N4O3S/c17-11-15-16(19-9-8-18-15)23-13-5-4-10-20(12-13)24(21,22)14-6-2-1-3-7-14/h8-9,13-14H,1-7,10,12H2/t13-/m1/s1. The molecule has 3 rings (SSSR count). The Morgan fingerprint density at radius 3 is 2.62 bits per heavy atom. The molecule has 0 bridgehead atoms. The summed E-state index contributed by atoms with van der Waals surface area (Å²) in [7, 11) is -3.27. The molecule has 2 heterocycles. The van der Waals surface area contributed by atoms with Crippen LogP contribution in [0.2, 0.25) is 0 Å². The third-order valence-electron chi connectivity index (χ3n) is 4.72. The normalized spacial score (nSPS) is 23.5. The largest absolute Gasteiger partial charge is 0.471 e. The molecule has 1 aromatic heterocycles. The van der Waals surface area contributed by atoms with E-state index in [-0.39, 0.29) is 22.9 Å². The molecule has 0 spiro atoms. The number of ether oxygens (including phenoxy) is 1. The first-order valence-electron chi connectivity index (χ1n) is 8.48. The highest BCUT2D eigenvalue weighted by Crippen LogP contribution is 2.28. The summed E-state index contributed by atoms with van der Waals surface area (Å²) in [5, 5.41) is 8.81.